The monoisotopic (exact) mass is 363 g/mol. The minimum atomic E-state index is 0.00775. The summed E-state index contributed by atoms with van der Waals surface area (Å²) in [6.07, 6.45) is 5.51. The molecule has 0 aliphatic carbocycles. The molecule has 1 aliphatic rings. The Morgan fingerprint density at radius 2 is 2.00 bits per heavy atom. The van der Waals surface area contributed by atoms with E-state index in [1.54, 1.807) is 6.20 Å². The largest absolute Gasteiger partial charge is 0.352 e. The SMILES string of the molecule is Cc1ccc([C@H]2[C@H](c3ccccn3)NC(=S)N2Cc2cccnc2)n1C. The summed E-state index contributed by atoms with van der Waals surface area (Å²) in [5, 5.41) is 4.23. The lowest BCUT2D eigenvalue weighted by atomic mass is 10.0. The van der Waals surface area contributed by atoms with Crippen molar-refractivity contribution in [3.63, 3.8) is 0 Å². The Hall–Kier alpha value is -2.73. The molecule has 0 spiro atoms. The molecule has 26 heavy (non-hydrogen) atoms. The molecule has 1 fully saturated rings. The summed E-state index contributed by atoms with van der Waals surface area (Å²) in [7, 11) is 2.10. The van der Waals surface area contributed by atoms with Crippen molar-refractivity contribution in [1.29, 1.82) is 0 Å². The zero-order valence-corrected chi connectivity index (χ0v) is 15.6. The Morgan fingerprint density at radius 1 is 1.12 bits per heavy atom. The molecule has 0 amide bonds. The third-order valence-electron chi connectivity index (χ3n) is 4.99. The standard InChI is InChI=1S/C20H21N5S/c1-14-8-9-17(24(14)2)19-18(16-7-3-4-11-22-16)23-20(26)25(19)13-15-6-5-10-21-12-15/h3-12,18-19H,13H2,1-2H3,(H,23,26)/t18-,19-/m0/s1. The smallest absolute Gasteiger partial charge is 0.170 e. The van der Waals surface area contributed by atoms with E-state index in [4.69, 9.17) is 12.2 Å². The van der Waals surface area contributed by atoms with Crippen LogP contribution in [0.2, 0.25) is 0 Å². The normalized spacial score (nSPS) is 19.6. The third-order valence-corrected chi connectivity index (χ3v) is 5.34. The van der Waals surface area contributed by atoms with Gasteiger partial charge in [0, 0.05) is 43.6 Å². The second kappa shape index (κ2) is 6.88. The Kier molecular flexibility index (Phi) is 4.42. The summed E-state index contributed by atoms with van der Waals surface area (Å²) in [6, 6.07) is 14.4. The number of rotatable bonds is 4. The number of aromatic nitrogens is 3. The predicted octanol–water partition coefficient (Wildman–Crippen LogP) is 3.30. The molecule has 1 saturated heterocycles. The molecule has 6 heteroatoms. The summed E-state index contributed by atoms with van der Waals surface area (Å²) in [6.45, 7) is 2.82. The molecule has 0 saturated carbocycles. The van der Waals surface area contributed by atoms with E-state index in [-0.39, 0.29) is 12.1 Å². The van der Waals surface area contributed by atoms with Gasteiger partial charge in [0.25, 0.3) is 0 Å². The summed E-state index contributed by atoms with van der Waals surface area (Å²) in [5.74, 6) is 0. The average Bonchev–Trinajstić information content (AvgIpc) is 3.17. The van der Waals surface area contributed by atoms with Gasteiger partial charge >= 0.3 is 0 Å². The zero-order chi connectivity index (χ0) is 18.1. The summed E-state index contributed by atoms with van der Waals surface area (Å²) < 4.78 is 2.23. The van der Waals surface area contributed by atoms with Crippen molar-refractivity contribution in [1.82, 2.24) is 24.8 Å². The third kappa shape index (κ3) is 2.97. The van der Waals surface area contributed by atoms with Gasteiger partial charge in [-0.15, -0.1) is 0 Å². The molecule has 4 rings (SSSR count). The van der Waals surface area contributed by atoms with Crippen molar-refractivity contribution < 1.29 is 0 Å². The Morgan fingerprint density at radius 3 is 2.65 bits per heavy atom. The van der Waals surface area contributed by atoms with Crippen LogP contribution in [0.25, 0.3) is 0 Å². The van der Waals surface area contributed by atoms with Crippen LogP contribution in [0.15, 0.2) is 61.1 Å². The van der Waals surface area contributed by atoms with Gasteiger partial charge in [-0.1, -0.05) is 12.1 Å². The molecule has 132 valence electrons. The van der Waals surface area contributed by atoms with Crippen LogP contribution >= 0.6 is 12.2 Å². The number of nitrogens with one attached hydrogen (secondary N) is 1. The van der Waals surface area contributed by atoms with Gasteiger partial charge in [-0.2, -0.15) is 0 Å². The molecule has 0 bridgehead atoms. The van der Waals surface area contributed by atoms with E-state index in [1.807, 2.05) is 30.6 Å². The highest BCUT2D eigenvalue weighted by Crippen LogP contribution is 2.39. The van der Waals surface area contributed by atoms with Crippen molar-refractivity contribution in [2.75, 3.05) is 0 Å². The number of hydrogen-bond acceptors (Lipinski definition) is 3. The van der Waals surface area contributed by atoms with Crippen molar-refractivity contribution >= 4 is 17.3 Å². The molecular formula is C20H21N5S. The maximum Gasteiger partial charge on any atom is 0.170 e. The molecular weight excluding hydrogens is 342 g/mol. The van der Waals surface area contributed by atoms with Gasteiger partial charge < -0.3 is 14.8 Å². The van der Waals surface area contributed by atoms with E-state index in [2.05, 4.69) is 63.0 Å². The van der Waals surface area contributed by atoms with Gasteiger partial charge in [-0.05, 0) is 55.0 Å². The van der Waals surface area contributed by atoms with E-state index in [0.717, 1.165) is 16.4 Å². The van der Waals surface area contributed by atoms with E-state index in [1.165, 1.54) is 11.4 Å². The van der Waals surface area contributed by atoms with E-state index in [9.17, 15) is 0 Å². The van der Waals surface area contributed by atoms with E-state index >= 15 is 0 Å². The summed E-state index contributed by atoms with van der Waals surface area (Å²) >= 11 is 5.70. The number of nitrogens with zero attached hydrogens (tertiary/aromatic N) is 4. The molecule has 1 N–H and O–H groups in total. The van der Waals surface area contributed by atoms with Gasteiger partial charge in [0.05, 0.1) is 17.8 Å². The van der Waals surface area contributed by atoms with Crippen LogP contribution in [0.1, 0.15) is 34.7 Å². The number of hydrogen-bond donors (Lipinski definition) is 1. The van der Waals surface area contributed by atoms with E-state index < -0.39 is 0 Å². The van der Waals surface area contributed by atoms with Crippen LogP contribution in [-0.2, 0) is 13.6 Å². The molecule has 1 aliphatic heterocycles. The molecule has 3 aromatic rings. The molecule has 0 radical (unpaired) electrons. The minimum absolute atomic E-state index is 0.00775. The van der Waals surface area contributed by atoms with Gasteiger partial charge in [0.15, 0.2) is 5.11 Å². The average molecular weight is 363 g/mol. The Bertz CT molecular complexity index is 906. The Balaban J connectivity index is 1.76. The molecule has 3 aromatic heterocycles. The highest BCUT2D eigenvalue weighted by atomic mass is 32.1. The molecule has 4 heterocycles. The zero-order valence-electron chi connectivity index (χ0n) is 14.8. The van der Waals surface area contributed by atoms with Gasteiger partial charge in [-0.25, -0.2) is 0 Å². The second-order valence-corrected chi connectivity index (χ2v) is 6.96. The fourth-order valence-corrected chi connectivity index (χ4v) is 3.82. The van der Waals surface area contributed by atoms with Gasteiger partial charge in [0.1, 0.15) is 0 Å². The van der Waals surface area contributed by atoms with Crippen LogP contribution in [0.3, 0.4) is 0 Å². The first-order valence-corrected chi connectivity index (χ1v) is 9.05. The predicted molar refractivity (Wildman–Crippen MR) is 105 cm³/mol. The van der Waals surface area contributed by atoms with Gasteiger partial charge in [0.2, 0.25) is 0 Å². The first kappa shape index (κ1) is 16.7. The first-order chi connectivity index (χ1) is 12.6. The lowest BCUT2D eigenvalue weighted by Gasteiger charge is -2.28. The lowest BCUT2D eigenvalue weighted by molar-refractivity contribution is 0.299. The Labute approximate surface area is 158 Å². The van der Waals surface area contributed by atoms with Crippen molar-refractivity contribution in [3.05, 3.63) is 83.7 Å². The van der Waals surface area contributed by atoms with Crippen LogP contribution in [0.4, 0.5) is 0 Å². The maximum atomic E-state index is 5.70. The highest BCUT2D eigenvalue weighted by Gasteiger charge is 2.41. The van der Waals surface area contributed by atoms with Crippen LogP contribution in [0.5, 0.6) is 0 Å². The number of aryl methyl sites for hydroxylation is 1. The van der Waals surface area contributed by atoms with Crippen molar-refractivity contribution in [2.45, 2.75) is 25.6 Å². The fourth-order valence-electron chi connectivity index (χ4n) is 3.52. The molecule has 0 unspecified atom stereocenters. The summed E-state index contributed by atoms with van der Waals surface area (Å²) in [5.41, 5.74) is 4.56. The maximum absolute atomic E-state index is 5.70. The van der Waals surface area contributed by atoms with Crippen LogP contribution in [-0.4, -0.2) is 24.5 Å². The number of thiocarbonyl (C=S) groups is 1. The van der Waals surface area contributed by atoms with Gasteiger partial charge in [-0.3, -0.25) is 9.97 Å². The topological polar surface area (TPSA) is 46.0 Å². The lowest BCUT2D eigenvalue weighted by Crippen LogP contribution is -2.30. The first-order valence-electron chi connectivity index (χ1n) is 8.64. The highest BCUT2D eigenvalue weighted by molar-refractivity contribution is 7.80. The fraction of sp³-hybridized carbons (Fsp3) is 0.250. The van der Waals surface area contributed by atoms with Crippen LogP contribution < -0.4 is 5.32 Å². The van der Waals surface area contributed by atoms with Crippen molar-refractivity contribution in [3.8, 4) is 0 Å². The molecule has 2 atom stereocenters. The van der Waals surface area contributed by atoms with Crippen molar-refractivity contribution in [2.24, 2.45) is 7.05 Å². The molecule has 5 nitrogen and oxygen atoms in total. The summed E-state index contributed by atoms with van der Waals surface area (Å²) in [4.78, 5) is 11.1. The van der Waals surface area contributed by atoms with Crippen LogP contribution in [0, 0.1) is 6.92 Å². The quantitative estimate of drug-likeness (QED) is 0.721. The van der Waals surface area contributed by atoms with E-state index in [0.29, 0.717) is 6.54 Å². The minimum Gasteiger partial charge on any atom is -0.352 e. The second-order valence-electron chi connectivity index (χ2n) is 6.57. The molecule has 0 aromatic carbocycles. The number of pyridine rings is 2.